The fraction of sp³-hybridized carbons (Fsp3) is 0.545. The molecule has 4 rings (SSSR count). The third-order valence-electron chi connectivity index (χ3n) is 5.80. The van der Waals surface area contributed by atoms with Crippen LogP contribution in [0.3, 0.4) is 0 Å². The predicted molar refractivity (Wildman–Crippen MR) is 112 cm³/mol. The van der Waals surface area contributed by atoms with Gasteiger partial charge in [-0.3, -0.25) is 14.6 Å². The smallest absolute Gasteiger partial charge is 0.268 e. The fourth-order valence-electron chi connectivity index (χ4n) is 3.97. The highest BCUT2D eigenvalue weighted by atomic mass is 16.1. The molecule has 7 nitrogen and oxygen atoms in total. The van der Waals surface area contributed by atoms with E-state index < -0.39 is 0 Å². The van der Waals surface area contributed by atoms with Gasteiger partial charge in [0.15, 0.2) is 0 Å². The number of nitrogens with one attached hydrogen (secondary N) is 1. The van der Waals surface area contributed by atoms with Gasteiger partial charge >= 0.3 is 0 Å². The van der Waals surface area contributed by atoms with Crippen molar-refractivity contribution in [2.45, 2.75) is 45.1 Å². The van der Waals surface area contributed by atoms with Crippen molar-refractivity contribution in [3.05, 3.63) is 52.7 Å². The van der Waals surface area contributed by atoms with Gasteiger partial charge < -0.3 is 10.2 Å². The van der Waals surface area contributed by atoms with Crippen LogP contribution in [0.5, 0.6) is 0 Å². The van der Waals surface area contributed by atoms with E-state index in [1.165, 1.54) is 12.8 Å². The Bertz CT molecular complexity index is 878. The highest BCUT2D eigenvalue weighted by Gasteiger charge is 2.25. The molecule has 7 heteroatoms. The average molecular weight is 396 g/mol. The van der Waals surface area contributed by atoms with E-state index in [2.05, 4.69) is 20.3 Å². The maximum absolute atomic E-state index is 12.3. The highest BCUT2D eigenvalue weighted by molar-refractivity contribution is 5.76. The minimum absolute atomic E-state index is 0.0235. The van der Waals surface area contributed by atoms with Gasteiger partial charge in [0.2, 0.25) is 5.91 Å². The monoisotopic (exact) mass is 395 g/mol. The molecule has 3 heterocycles. The van der Waals surface area contributed by atoms with E-state index >= 15 is 0 Å². The van der Waals surface area contributed by atoms with Gasteiger partial charge in [0.1, 0.15) is 0 Å². The number of hydrogen-bond donors (Lipinski definition) is 1. The summed E-state index contributed by atoms with van der Waals surface area (Å²) >= 11 is 0. The highest BCUT2D eigenvalue weighted by Crippen LogP contribution is 2.30. The molecule has 2 aliphatic rings. The zero-order valence-corrected chi connectivity index (χ0v) is 16.8. The summed E-state index contributed by atoms with van der Waals surface area (Å²) in [5.74, 6) is 1.02. The second kappa shape index (κ2) is 9.20. The molecule has 0 spiro atoms. The molecule has 1 N–H and O–H groups in total. The van der Waals surface area contributed by atoms with E-state index in [9.17, 15) is 9.59 Å². The number of carbonyl (C=O) groups is 1. The van der Waals surface area contributed by atoms with Crippen LogP contribution in [0.2, 0.25) is 0 Å². The Balaban J connectivity index is 1.26. The molecule has 0 bridgehead atoms. The number of rotatable bonds is 8. The van der Waals surface area contributed by atoms with E-state index in [1.807, 2.05) is 18.3 Å². The number of anilines is 1. The summed E-state index contributed by atoms with van der Waals surface area (Å²) in [6, 6.07) is 5.63. The molecule has 154 valence electrons. The molecule has 1 saturated carbocycles. The molecule has 1 aliphatic heterocycles. The lowest BCUT2D eigenvalue weighted by atomic mass is 9.94. The van der Waals surface area contributed by atoms with E-state index in [1.54, 1.807) is 23.1 Å². The van der Waals surface area contributed by atoms with E-state index in [0.717, 1.165) is 50.1 Å². The molecule has 1 unspecified atom stereocenters. The lowest BCUT2D eigenvalue weighted by Gasteiger charge is -2.34. The molecular formula is C22H29N5O2. The van der Waals surface area contributed by atoms with Crippen LogP contribution in [0.25, 0.3) is 0 Å². The largest absolute Gasteiger partial charge is 0.370 e. The molecule has 1 saturated heterocycles. The topological polar surface area (TPSA) is 80.1 Å². The molecule has 1 atom stereocenters. The fourth-order valence-corrected chi connectivity index (χ4v) is 3.97. The second-order valence-corrected chi connectivity index (χ2v) is 8.30. The normalized spacial score (nSPS) is 19.2. The Morgan fingerprint density at radius 3 is 2.86 bits per heavy atom. The zero-order chi connectivity index (χ0) is 20.1. The van der Waals surface area contributed by atoms with Gasteiger partial charge in [-0.1, -0.05) is 6.07 Å². The maximum Gasteiger partial charge on any atom is 0.268 e. The van der Waals surface area contributed by atoms with Gasteiger partial charge in [0, 0.05) is 51.1 Å². The SMILES string of the molecule is O=C(CC1CCCN(c2cnn(CC3CC3)c(=O)c2)C1)NCCc1cccnc1. The third-order valence-corrected chi connectivity index (χ3v) is 5.80. The van der Waals surface area contributed by atoms with Crippen molar-refractivity contribution in [2.24, 2.45) is 11.8 Å². The lowest BCUT2D eigenvalue weighted by Crippen LogP contribution is -2.39. The van der Waals surface area contributed by atoms with Crippen LogP contribution in [0, 0.1) is 11.8 Å². The van der Waals surface area contributed by atoms with Crippen LogP contribution in [0.15, 0.2) is 41.6 Å². The van der Waals surface area contributed by atoms with Crippen LogP contribution in [0.4, 0.5) is 5.69 Å². The first-order valence-corrected chi connectivity index (χ1v) is 10.6. The van der Waals surface area contributed by atoms with E-state index in [4.69, 9.17) is 0 Å². The van der Waals surface area contributed by atoms with Gasteiger partial charge in [-0.2, -0.15) is 5.10 Å². The number of carbonyl (C=O) groups excluding carboxylic acids is 1. The van der Waals surface area contributed by atoms with E-state index in [0.29, 0.717) is 24.8 Å². The van der Waals surface area contributed by atoms with Crippen molar-refractivity contribution in [2.75, 3.05) is 24.5 Å². The summed E-state index contributed by atoms with van der Waals surface area (Å²) < 4.78 is 1.58. The number of nitrogens with zero attached hydrogens (tertiary/aromatic N) is 4. The van der Waals surface area contributed by atoms with Gasteiger partial charge in [-0.25, -0.2) is 4.68 Å². The summed E-state index contributed by atoms with van der Waals surface area (Å²) in [5, 5.41) is 7.39. The first-order chi connectivity index (χ1) is 14.2. The first kappa shape index (κ1) is 19.6. The van der Waals surface area contributed by atoms with Crippen molar-refractivity contribution in [1.29, 1.82) is 0 Å². The van der Waals surface area contributed by atoms with E-state index in [-0.39, 0.29) is 11.5 Å². The van der Waals surface area contributed by atoms with Crippen LogP contribution in [-0.4, -0.2) is 40.3 Å². The summed E-state index contributed by atoms with van der Waals surface area (Å²) in [6.07, 6.45) is 11.2. The Morgan fingerprint density at radius 2 is 2.10 bits per heavy atom. The minimum Gasteiger partial charge on any atom is -0.370 e. The summed E-state index contributed by atoms with van der Waals surface area (Å²) in [7, 11) is 0. The second-order valence-electron chi connectivity index (χ2n) is 8.30. The van der Waals surface area contributed by atoms with Gasteiger partial charge in [0.25, 0.3) is 5.56 Å². The number of amides is 1. The first-order valence-electron chi connectivity index (χ1n) is 10.6. The van der Waals surface area contributed by atoms with Crippen LogP contribution >= 0.6 is 0 Å². The Labute approximate surface area is 171 Å². The van der Waals surface area contributed by atoms with Gasteiger partial charge in [-0.15, -0.1) is 0 Å². The molecule has 2 aromatic rings. The third kappa shape index (κ3) is 5.65. The molecule has 29 heavy (non-hydrogen) atoms. The Kier molecular flexibility index (Phi) is 6.22. The quantitative estimate of drug-likeness (QED) is 0.740. The van der Waals surface area contributed by atoms with Gasteiger partial charge in [0.05, 0.1) is 11.9 Å². The number of aromatic nitrogens is 3. The summed E-state index contributed by atoms with van der Waals surface area (Å²) in [6.45, 7) is 3.07. The Hall–Kier alpha value is -2.70. The standard InChI is InChI=1S/C22H29N5O2/c28-21(24-9-7-17-3-1-8-23-13-17)11-19-4-2-10-26(15-19)20-12-22(29)27(25-14-20)16-18-5-6-18/h1,3,8,12-14,18-19H,2,4-7,9-11,15-16H2,(H,24,28). The lowest BCUT2D eigenvalue weighted by molar-refractivity contribution is -0.122. The number of pyridine rings is 1. The molecular weight excluding hydrogens is 366 g/mol. The van der Waals surface area contributed by atoms with Crippen molar-refractivity contribution in [3.63, 3.8) is 0 Å². The number of hydrogen-bond acceptors (Lipinski definition) is 5. The zero-order valence-electron chi connectivity index (χ0n) is 16.8. The van der Waals surface area contributed by atoms with Crippen molar-refractivity contribution in [1.82, 2.24) is 20.1 Å². The molecule has 0 aromatic carbocycles. The molecule has 0 radical (unpaired) electrons. The molecule has 1 amide bonds. The summed E-state index contributed by atoms with van der Waals surface area (Å²) in [4.78, 5) is 31.0. The van der Waals surface area contributed by atoms with Gasteiger partial charge in [-0.05, 0) is 55.6 Å². The predicted octanol–water partition coefficient (Wildman–Crippen LogP) is 2.01. The van der Waals surface area contributed by atoms with Crippen LogP contribution in [0.1, 0.15) is 37.7 Å². The minimum atomic E-state index is -0.0235. The van der Waals surface area contributed by atoms with Crippen LogP contribution < -0.4 is 15.8 Å². The average Bonchev–Trinajstić information content (AvgIpc) is 3.55. The Morgan fingerprint density at radius 1 is 1.21 bits per heavy atom. The number of piperidine rings is 1. The summed E-state index contributed by atoms with van der Waals surface area (Å²) in [5.41, 5.74) is 1.98. The molecule has 1 aliphatic carbocycles. The van der Waals surface area contributed by atoms with Crippen molar-refractivity contribution < 1.29 is 4.79 Å². The van der Waals surface area contributed by atoms with Crippen LogP contribution in [-0.2, 0) is 17.8 Å². The molecule has 2 fully saturated rings. The molecule has 2 aromatic heterocycles. The van der Waals surface area contributed by atoms with Crippen molar-refractivity contribution >= 4 is 11.6 Å². The van der Waals surface area contributed by atoms with Crippen molar-refractivity contribution in [3.8, 4) is 0 Å². The maximum atomic E-state index is 12.3.